The zero-order chi connectivity index (χ0) is 15.4. The summed E-state index contributed by atoms with van der Waals surface area (Å²) < 4.78 is 0. The minimum absolute atomic E-state index is 0. The lowest BCUT2D eigenvalue weighted by Gasteiger charge is -2.31. The fraction of sp³-hybridized carbons (Fsp3) is 0.500. The SMILES string of the molecule is CN(CC(=O)Nc1c(Cl)cc(Cl)cc1Cl)C1CCNCC1.Cl. The lowest BCUT2D eigenvalue weighted by molar-refractivity contribution is -0.117. The van der Waals surface area contributed by atoms with Crippen molar-refractivity contribution in [1.82, 2.24) is 10.2 Å². The van der Waals surface area contributed by atoms with E-state index in [9.17, 15) is 4.79 Å². The van der Waals surface area contributed by atoms with Gasteiger partial charge in [-0.25, -0.2) is 0 Å². The van der Waals surface area contributed by atoms with Gasteiger partial charge < -0.3 is 10.6 Å². The molecule has 0 aliphatic carbocycles. The summed E-state index contributed by atoms with van der Waals surface area (Å²) in [6, 6.07) is 3.54. The monoisotopic (exact) mass is 385 g/mol. The maximum atomic E-state index is 12.1. The summed E-state index contributed by atoms with van der Waals surface area (Å²) in [5, 5.41) is 7.18. The molecule has 2 N–H and O–H groups in total. The van der Waals surface area contributed by atoms with E-state index in [1.165, 1.54) is 0 Å². The van der Waals surface area contributed by atoms with E-state index in [0.29, 0.717) is 33.3 Å². The molecule has 1 aliphatic heterocycles. The Bertz CT molecular complexity index is 498. The average molecular weight is 387 g/mol. The first-order valence-corrected chi connectivity index (χ1v) is 7.96. The second-order valence-electron chi connectivity index (χ2n) is 5.19. The average Bonchev–Trinajstić information content (AvgIpc) is 2.43. The summed E-state index contributed by atoms with van der Waals surface area (Å²) in [5.74, 6) is -0.137. The minimum atomic E-state index is -0.137. The smallest absolute Gasteiger partial charge is 0.238 e. The van der Waals surface area contributed by atoms with E-state index >= 15 is 0 Å². The molecule has 2 rings (SSSR count). The molecular weight excluding hydrogens is 368 g/mol. The molecule has 1 aromatic carbocycles. The van der Waals surface area contributed by atoms with Crippen LogP contribution >= 0.6 is 47.2 Å². The lowest BCUT2D eigenvalue weighted by Crippen LogP contribution is -2.44. The van der Waals surface area contributed by atoms with Crippen LogP contribution in [0.3, 0.4) is 0 Å². The van der Waals surface area contributed by atoms with Gasteiger partial charge in [0.15, 0.2) is 0 Å². The van der Waals surface area contributed by atoms with E-state index in [1.54, 1.807) is 12.1 Å². The van der Waals surface area contributed by atoms with Gasteiger partial charge in [-0.05, 0) is 45.1 Å². The number of rotatable bonds is 4. The standard InChI is InChI=1S/C14H18Cl3N3O.ClH/c1-20(10-2-4-18-5-3-10)8-13(21)19-14-11(16)6-9(15)7-12(14)17;/h6-7,10,18H,2-5,8H2,1H3,(H,19,21);1H. The third-order valence-corrected chi connectivity index (χ3v) is 4.41. The van der Waals surface area contributed by atoms with Crippen LogP contribution in [0.15, 0.2) is 12.1 Å². The van der Waals surface area contributed by atoms with E-state index in [0.717, 1.165) is 25.9 Å². The Morgan fingerprint density at radius 3 is 2.36 bits per heavy atom. The first-order valence-electron chi connectivity index (χ1n) is 6.82. The van der Waals surface area contributed by atoms with Gasteiger partial charge in [-0.1, -0.05) is 34.8 Å². The Kier molecular flexibility index (Phi) is 8.25. The van der Waals surface area contributed by atoms with Crippen molar-refractivity contribution < 1.29 is 4.79 Å². The highest BCUT2D eigenvalue weighted by Gasteiger charge is 2.20. The molecule has 0 radical (unpaired) electrons. The van der Waals surface area contributed by atoms with Gasteiger partial charge in [0.2, 0.25) is 5.91 Å². The van der Waals surface area contributed by atoms with E-state index in [-0.39, 0.29) is 18.3 Å². The minimum Gasteiger partial charge on any atom is -0.322 e. The number of nitrogens with one attached hydrogen (secondary N) is 2. The third kappa shape index (κ3) is 5.44. The molecule has 1 amide bonds. The first kappa shape index (κ1) is 19.8. The third-order valence-electron chi connectivity index (χ3n) is 3.60. The van der Waals surface area contributed by atoms with E-state index < -0.39 is 0 Å². The number of carbonyl (C=O) groups excluding carboxylic acids is 1. The van der Waals surface area contributed by atoms with Crippen molar-refractivity contribution in [3.8, 4) is 0 Å². The maximum absolute atomic E-state index is 12.1. The number of nitrogens with zero attached hydrogens (tertiary/aromatic N) is 1. The molecule has 1 saturated heterocycles. The Hall–Kier alpha value is -0.230. The zero-order valence-electron chi connectivity index (χ0n) is 12.2. The van der Waals surface area contributed by atoms with Crippen molar-refractivity contribution in [2.75, 3.05) is 32.0 Å². The van der Waals surface area contributed by atoms with Gasteiger partial charge >= 0.3 is 0 Å². The number of halogens is 4. The predicted octanol–water partition coefficient (Wildman–Crippen LogP) is 3.69. The highest BCUT2D eigenvalue weighted by atomic mass is 35.5. The summed E-state index contributed by atoms with van der Waals surface area (Å²) in [6.45, 7) is 2.29. The van der Waals surface area contributed by atoms with Gasteiger partial charge in [-0.15, -0.1) is 12.4 Å². The van der Waals surface area contributed by atoms with Crippen LogP contribution in [0.4, 0.5) is 5.69 Å². The maximum Gasteiger partial charge on any atom is 0.238 e. The molecule has 1 aromatic rings. The van der Waals surface area contributed by atoms with Crippen LogP contribution in [0, 0.1) is 0 Å². The summed E-state index contributed by atoms with van der Waals surface area (Å²) in [6.07, 6.45) is 2.10. The van der Waals surface area contributed by atoms with Crippen LogP contribution in [0.25, 0.3) is 0 Å². The number of anilines is 1. The Labute approximate surface area is 151 Å². The fourth-order valence-electron chi connectivity index (χ4n) is 2.44. The van der Waals surface area contributed by atoms with Crippen molar-refractivity contribution >= 4 is 58.8 Å². The highest BCUT2D eigenvalue weighted by Crippen LogP contribution is 2.33. The summed E-state index contributed by atoms with van der Waals surface area (Å²) >= 11 is 18.0. The van der Waals surface area contributed by atoms with Gasteiger partial charge in [-0.2, -0.15) is 0 Å². The molecule has 1 heterocycles. The molecule has 0 unspecified atom stereocenters. The quantitative estimate of drug-likeness (QED) is 0.829. The second kappa shape index (κ2) is 9.16. The van der Waals surface area contributed by atoms with E-state index in [2.05, 4.69) is 15.5 Å². The van der Waals surface area contributed by atoms with Gasteiger partial charge in [0.1, 0.15) is 0 Å². The molecule has 1 aliphatic rings. The number of carbonyl (C=O) groups is 1. The summed E-state index contributed by atoms with van der Waals surface area (Å²) in [7, 11) is 1.96. The van der Waals surface area contributed by atoms with Crippen LogP contribution in [-0.2, 0) is 4.79 Å². The normalized spacial score (nSPS) is 15.5. The molecule has 8 heteroatoms. The van der Waals surface area contributed by atoms with Crippen molar-refractivity contribution in [1.29, 1.82) is 0 Å². The molecular formula is C14H19Cl4N3O. The van der Waals surface area contributed by atoms with Crippen molar-refractivity contribution in [2.24, 2.45) is 0 Å². The molecule has 0 saturated carbocycles. The van der Waals surface area contributed by atoms with Gasteiger partial charge in [0.05, 0.1) is 22.3 Å². The van der Waals surface area contributed by atoms with Crippen LogP contribution in [0.2, 0.25) is 15.1 Å². The number of benzene rings is 1. The van der Waals surface area contributed by atoms with Gasteiger partial charge in [0, 0.05) is 11.1 Å². The zero-order valence-corrected chi connectivity index (χ0v) is 15.2. The number of hydrogen-bond acceptors (Lipinski definition) is 3. The molecule has 0 bridgehead atoms. The molecule has 4 nitrogen and oxygen atoms in total. The van der Waals surface area contributed by atoms with Crippen LogP contribution < -0.4 is 10.6 Å². The Balaban J connectivity index is 0.00000242. The number of hydrogen-bond donors (Lipinski definition) is 2. The van der Waals surface area contributed by atoms with E-state index in [1.807, 2.05) is 7.05 Å². The largest absolute Gasteiger partial charge is 0.322 e. The number of amides is 1. The molecule has 0 spiro atoms. The molecule has 22 heavy (non-hydrogen) atoms. The number of piperidine rings is 1. The lowest BCUT2D eigenvalue weighted by atomic mass is 10.1. The van der Waals surface area contributed by atoms with Crippen molar-refractivity contribution in [2.45, 2.75) is 18.9 Å². The van der Waals surface area contributed by atoms with Gasteiger partial charge in [-0.3, -0.25) is 9.69 Å². The van der Waals surface area contributed by atoms with Crippen molar-refractivity contribution in [3.63, 3.8) is 0 Å². The Morgan fingerprint density at radius 2 is 1.82 bits per heavy atom. The summed E-state index contributed by atoms with van der Waals surface area (Å²) in [5.41, 5.74) is 0.409. The highest BCUT2D eigenvalue weighted by molar-refractivity contribution is 6.42. The molecule has 124 valence electrons. The molecule has 1 fully saturated rings. The van der Waals surface area contributed by atoms with Crippen LogP contribution in [-0.4, -0.2) is 43.5 Å². The molecule has 0 aromatic heterocycles. The van der Waals surface area contributed by atoms with Crippen LogP contribution in [0.1, 0.15) is 12.8 Å². The number of likely N-dealkylation sites (N-methyl/N-ethyl adjacent to an activating group) is 1. The van der Waals surface area contributed by atoms with Crippen LogP contribution in [0.5, 0.6) is 0 Å². The first-order chi connectivity index (χ1) is 9.97. The Morgan fingerprint density at radius 1 is 1.27 bits per heavy atom. The molecule has 0 atom stereocenters. The predicted molar refractivity (Wildman–Crippen MR) is 95.9 cm³/mol. The summed E-state index contributed by atoms with van der Waals surface area (Å²) in [4.78, 5) is 14.2. The second-order valence-corrected chi connectivity index (χ2v) is 6.44. The topological polar surface area (TPSA) is 44.4 Å². The van der Waals surface area contributed by atoms with Gasteiger partial charge in [0.25, 0.3) is 0 Å². The fourth-order valence-corrected chi connectivity index (χ4v) is 3.36. The van der Waals surface area contributed by atoms with E-state index in [4.69, 9.17) is 34.8 Å². The van der Waals surface area contributed by atoms with Crippen molar-refractivity contribution in [3.05, 3.63) is 27.2 Å².